The van der Waals surface area contributed by atoms with Gasteiger partial charge in [-0.3, -0.25) is 4.79 Å². The number of hydrogen-bond donors (Lipinski definition) is 1. The molecule has 0 bridgehead atoms. The normalized spacial score (nSPS) is 13.5. The van der Waals surface area contributed by atoms with E-state index in [9.17, 15) is 4.79 Å². The number of amides is 1. The molecule has 0 aromatic heterocycles. The second kappa shape index (κ2) is 7.52. The summed E-state index contributed by atoms with van der Waals surface area (Å²) in [5.41, 5.74) is 6.37. The van der Waals surface area contributed by atoms with Crippen LogP contribution in [0.25, 0.3) is 0 Å². The maximum Gasteiger partial charge on any atom is 0.224 e. The highest BCUT2D eigenvalue weighted by Crippen LogP contribution is 2.26. The van der Waals surface area contributed by atoms with Crippen molar-refractivity contribution in [3.63, 3.8) is 0 Å². The van der Waals surface area contributed by atoms with Gasteiger partial charge in [0.25, 0.3) is 0 Å². The maximum atomic E-state index is 12.1. The number of carbonyl (C=O) groups is 1. The summed E-state index contributed by atoms with van der Waals surface area (Å²) >= 11 is 0. The van der Waals surface area contributed by atoms with Gasteiger partial charge >= 0.3 is 0 Å². The molecule has 2 aromatic carbocycles. The molecule has 0 saturated heterocycles. The minimum atomic E-state index is 0.0956. The molecule has 3 heteroatoms. The van der Waals surface area contributed by atoms with E-state index in [0.29, 0.717) is 13.0 Å². The Bertz CT molecular complexity index is 724. The molecule has 1 N–H and O–H groups in total. The smallest absolute Gasteiger partial charge is 0.224 e. The number of benzene rings is 2. The molecule has 1 aliphatic heterocycles. The molecule has 1 heterocycles. The molecule has 0 spiro atoms. The molecule has 126 valence electrons. The highest BCUT2D eigenvalue weighted by Gasteiger charge is 2.13. The Hall–Kier alpha value is -2.29. The third kappa shape index (κ3) is 4.16. The summed E-state index contributed by atoms with van der Waals surface area (Å²) in [6, 6.07) is 14.8. The molecule has 0 aliphatic carbocycles. The van der Waals surface area contributed by atoms with E-state index in [0.717, 1.165) is 24.9 Å². The van der Waals surface area contributed by atoms with Gasteiger partial charge in [-0.2, -0.15) is 0 Å². The molecule has 0 saturated carbocycles. The molecule has 1 amide bonds. The molecule has 2 aromatic rings. The zero-order valence-corrected chi connectivity index (χ0v) is 14.6. The summed E-state index contributed by atoms with van der Waals surface area (Å²) in [5, 5.41) is 3.04. The average molecular weight is 322 g/mol. The van der Waals surface area contributed by atoms with E-state index in [4.69, 9.17) is 0 Å². The van der Waals surface area contributed by atoms with Crippen molar-refractivity contribution in [1.82, 2.24) is 5.32 Å². The summed E-state index contributed by atoms with van der Waals surface area (Å²) in [5.74, 6) is 0.0956. The number of fused-ring (bicyclic) bond motifs is 1. The summed E-state index contributed by atoms with van der Waals surface area (Å²) < 4.78 is 0. The molecule has 3 nitrogen and oxygen atoms in total. The van der Waals surface area contributed by atoms with E-state index in [1.165, 1.54) is 28.8 Å². The lowest BCUT2D eigenvalue weighted by molar-refractivity contribution is -0.120. The predicted molar refractivity (Wildman–Crippen MR) is 99.6 cm³/mol. The maximum absolute atomic E-state index is 12.1. The van der Waals surface area contributed by atoms with Crippen molar-refractivity contribution < 1.29 is 4.79 Å². The van der Waals surface area contributed by atoms with Crippen LogP contribution in [0.15, 0.2) is 42.5 Å². The molecule has 0 fully saturated rings. The fraction of sp³-hybridized carbons (Fsp3) is 0.381. The molecule has 0 atom stereocenters. The molecule has 24 heavy (non-hydrogen) atoms. The van der Waals surface area contributed by atoms with Crippen molar-refractivity contribution in [3.05, 3.63) is 64.7 Å². The predicted octanol–water partition coefficient (Wildman–Crippen LogP) is 3.28. The van der Waals surface area contributed by atoms with Crippen LogP contribution < -0.4 is 10.2 Å². The number of anilines is 1. The Morgan fingerprint density at radius 1 is 1.17 bits per heavy atom. The van der Waals surface area contributed by atoms with E-state index >= 15 is 0 Å². The van der Waals surface area contributed by atoms with Crippen LogP contribution in [-0.4, -0.2) is 26.0 Å². The Morgan fingerprint density at radius 2 is 2.04 bits per heavy atom. The van der Waals surface area contributed by atoms with E-state index in [-0.39, 0.29) is 5.91 Å². The van der Waals surface area contributed by atoms with Crippen molar-refractivity contribution in [1.29, 1.82) is 0 Å². The fourth-order valence-corrected chi connectivity index (χ4v) is 3.41. The van der Waals surface area contributed by atoms with Crippen LogP contribution in [0, 0.1) is 6.92 Å². The Morgan fingerprint density at radius 3 is 2.88 bits per heavy atom. The number of rotatable bonds is 5. The topological polar surface area (TPSA) is 32.3 Å². The standard InChI is InChI=1S/C21H26N2O/c1-16-5-3-6-18(13-16)15-21(24)22-11-10-17-8-9-20-19(14-17)7-4-12-23(20)2/h3,5-6,8-9,13-14H,4,7,10-12,15H2,1-2H3,(H,22,24). The van der Waals surface area contributed by atoms with Gasteiger partial charge in [-0.05, 0) is 48.9 Å². The van der Waals surface area contributed by atoms with Crippen LogP contribution in [0.4, 0.5) is 5.69 Å². The molecule has 3 rings (SSSR count). The molecule has 0 unspecified atom stereocenters. The van der Waals surface area contributed by atoms with Gasteiger partial charge in [0.1, 0.15) is 0 Å². The van der Waals surface area contributed by atoms with Gasteiger partial charge in [0.2, 0.25) is 5.91 Å². The summed E-state index contributed by atoms with van der Waals surface area (Å²) in [6.45, 7) is 3.88. The van der Waals surface area contributed by atoms with Gasteiger partial charge in [-0.15, -0.1) is 0 Å². The Balaban J connectivity index is 1.50. The first-order valence-corrected chi connectivity index (χ1v) is 8.77. The Labute approximate surface area is 144 Å². The molecule has 0 radical (unpaired) electrons. The quantitative estimate of drug-likeness (QED) is 0.916. The minimum absolute atomic E-state index is 0.0956. The summed E-state index contributed by atoms with van der Waals surface area (Å²) in [4.78, 5) is 14.4. The number of carbonyl (C=O) groups excluding carboxylic acids is 1. The van der Waals surface area contributed by atoms with Gasteiger partial charge in [-0.1, -0.05) is 42.0 Å². The molecular formula is C21H26N2O. The van der Waals surface area contributed by atoms with Crippen LogP contribution in [-0.2, 0) is 24.1 Å². The Kier molecular flexibility index (Phi) is 5.19. The first-order chi connectivity index (χ1) is 11.6. The van der Waals surface area contributed by atoms with E-state index < -0.39 is 0 Å². The second-order valence-electron chi connectivity index (χ2n) is 6.75. The number of nitrogens with zero attached hydrogens (tertiary/aromatic N) is 1. The van der Waals surface area contributed by atoms with Crippen LogP contribution in [0.1, 0.15) is 28.7 Å². The third-order valence-electron chi connectivity index (χ3n) is 4.68. The number of hydrogen-bond acceptors (Lipinski definition) is 2. The number of nitrogens with one attached hydrogen (secondary N) is 1. The van der Waals surface area contributed by atoms with Crippen molar-refractivity contribution in [2.75, 3.05) is 25.0 Å². The largest absolute Gasteiger partial charge is 0.374 e. The minimum Gasteiger partial charge on any atom is -0.374 e. The monoisotopic (exact) mass is 322 g/mol. The third-order valence-corrected chi connectivity index (χ3v) is 4.68. The second-order valence-corrected chi connectivity index (χ2v) is 6.75. The van der Waals surface area contributed by atoms with Gasteiger partial charge in [0.15, 0.2) is 0 Å². The van der Waals surface area contributed by atoms with Crippen molar-refractivity contribution in [3.8, 4) is 0 Å². The van der Waals surface area contributed by atoms with E-state index in [1.807, 2.05) is 12.1 Å². The van der Waals surface area contributed by atoms with Crippen molar-refractivity contribution >= 4 is 11.6 Å². The first kappa shape index (κ1) is 16.6. The zero-order valence-electron chi connectivity index (χ0n) is 14.6. The van der Waals surface area contributed by atoms with Gasteiger partial charge in [0, 0.05) is 25.8 Å². The van der Waals surface area contributed by atoms with Crippen LogP contribution in [0.3, 0.4) is 0 Å². The highest BCUT2D eigenvalue weighted by atomic mass is 16.1. The molecule has 1 aliphatic rings. The SMILES string of the molecule is Cc1cccc(CC(=O)NCCc2ccc3c(c2)CCCN3C)c1. The lowest BCUT2D eigenvalue weighted by Crippen LogP contribution is -2.27. The van der Waals surface area contributed by atoms with Crippen molar-refractivity contribution in [2.24, 2.45) is 0 Å². The number of aryl methyl sites for hydroxylation is 2. The van der Waals surface area contributed by atoms with E-state index in [1.54, 1.807) is 0 Å². The zero-order chi connectivity index (χ0) is 16.9. The van der Waals surface area contributed by atoms with Crippen LogP contribution >= 0.6 is 0 Å². The van der Waals surface area contributed by atoms with Gasteiger partial charge < -0.3 is 10.2 Å². The average Bonchev–Trinajstić information content (AvgIpc) is 2.55. The highest BCUT2D eigenvalue weighted by molar-refractivity contribution is 5.78. The summed E-state index contributed by atoms with van der Waals surface area (Å²) in [7, 11) is 2.16. The van der Waals surface area contributed by atoms with Gasteiger partial charge in [-0.25, -0.2) is 0 Å². The lowest BCUT2D eigenvalue weighted by Gasteiger charge is -2.27. The lowest BCUT2D eigenvalue weighted by atomic mass is 9.98. The van der Waals surface area contributed by atoms with Crippen LogP contribution in [0.5, 0.6) is 0 Å². The van der Waals surface area contributed by atoms with Gasteiger partial charge in [0.05, 0.1) is 6.42 Å². The van der Waals surface area contributed by atoms with Crippen LogP contribution in [0.2, 0.25) is 0 Å². The van der Waals surface area contributed by atoms with Crippen molar-refractivity contribution in [2.45, 2.75) is 32.6 Å². The van der Waals surface area contributed by atoms with E-state index in [2.05, 4.69) is 54.5 Å². The summed E-state index contributed by atoms with van der Waals surface area (Å²) in [6.07, 6.45) is 3.72. The first-order valence-electron chi connectivity index (χ1n) is 8.77. The molecular weight excluding hydrogens is 296 g/mol. The fourth-order valence-electron chi connectivity index (χ4n) is 3.41.